The van der Waals surface area contributed by atoms with E-state index in [2.05, 4.69) is 0 Å². The predicted octanol–water partition coefficient (Wildman–Crippen LogP) is 3.93. The summed E-state index contributed by atoms with van der Waals surface area (Å²) in [5.74, 6) is -0.581. The molecule has 0 amide bonds. The van der Waals surface area contributed by atoms with Crippen LogP contribution >= 0.6 is 0 Å². The van der Waals surface area contributed by atoms with E-state index in [0.717, 1.165) is 5.56 Å². The maximum atomic E-state index is 12.3. The lowest BCUT2D eigenvalue weighted by atomic mass is 10.1. The third-order valence-electron chi connectivity index (χ3n) is 3.63. The molecule has 0 aliphatic rings. The van der Waals surface area contributed by atoms with Crippen LogP contribution in [0.5, 0.6) is 5.75 Å². The zero-order valence-corrected chi connectivity index (χ0v) is 16.4. The summed E-state index contributed by atoms with van der Waals surface area (Å²) < 4.78 is 10.6. The lowest BCUT2D eigenvalue weighted by Crippen LogP contribution is -2.24. The Morgan fingerprint density at radius 3 is 2.00 bits per heavy atom. The molecule has 0 atom stereocenters. The summed E-state index contributed by atoms with van der Waals surface area (Å²) in [6.45, 7) is 7.12. The molecule has 0 unspecified atom stereocenters. The van der Waals surface area contributed by atoms with E-state index in [9.17, 15) is 9.59 Å². The summed E-state index contributed by atoms with van der Waals surface area (Å²) in [6.07, 6.45) is 1.70. The first-order valence-electron chi connectivity index (χ1n) is 8.73. The summed E-state index contributed by atoms with van der Waals surface area (Å²) >= 11 is 0. The Kier molecular flexibility index (Phi) is 6.36. The van der Waals surface area contributed by atoms with Crippen LogP contribution in [0.2, 0.25) is 0 Å². The number of amidine groups is 1. The summed E-state index contributed by atoms with van der Waals surface area (Å²) in [4.78, 5) is 24.3. The number of nitrogen functional groups attached to an aromatic ring is 1. The minimum atomic E-state index is -0.553. The van der Waals surface area contributed by atoms with Gasteiger partial charge in [0.25, 0.3) is 0 Å². The van der Waals surface area contributed by atoms with Crippen LogP contribution in [-0.2, 0) is 9.53 Å². The van der Waals surface area contributed by atoms with Gasteiger partial charge in [0.1, 0.15) is 17.2 Å². The highest BCUT2D eigenvalue weighted by atomic mass is 16.6. The van der Waals surface area contributed by atoms with Gasteiger partial charge >= 0.3 is 11.9 Å². The second kappa shape index (κ2) is 8.52. The van der Waals surface area contributed by atoms with Crippen LogP contribution < -0.4 is 10.5 Å². The Bertz CT molecular complexity index is 905. The van der Waals surface area contributed by atoms with Gasteiger partial charge in [-0.1, -0.05) is 12.1 Å². The second-order valence-corrected chi connectivity index (χ2v) is 7.28. The number of carbonyl (C=O) groups is 2. The summed E-state index contributed by atoms with van der Waals surface area (Å²) in [5.41, 5.74) is 7.01. The van der Waals surface area contributed by atoms with Gasteiger partial charge in [0.15, 0.2) is 0 Å². The molecular formula is C22H24N2O4. The lowest BCUT2D eigenvalue weighted by Gasteiger charge is -2.19. The molecule has 0 spiro atoms. The predicted molar refractivity (Wildman–Crippen MR) is 108 cm³/mol. The van der Waals surface area contributed by atoms with Crippen LogP contribution in [0.1, 0.15) is 49.2 Å². The highest BCUT2D eigenvalue weighted by Crippen LogP contribution is 2.17. The van der Waals surface area contributed by atoms with Crippen molar-refractivity contribution in [1.82, 2.24) is 0 Å². The van der Waals surface area contributed by atoms with Crippen molar-refractivity contribution in [2.75, 3.05) is 0 Å². The quantitative estimate of drug-likeness (QED) is 0.269. The van der Waals surface area contributed by atoms with Crippen molar-refractivity contribution in [2.45, 2.75) is 33.3 Å². The Morgan fingerprint density at radius 2 is 1.50 bits per heavy atom. The molecule has 2 aromatic carbocycles. The normalized spacial score (nSPS) is 11.6. The van der Waals surface area contributed by atoms with Gasteiger partial charge in [0.05, 0.1) is 5.56 Å². The van der Waals surface area contributed by atoms with Gasteiger partial charge < -0.3 is 15.2 Å². The molecule has 0 aliphatic carbocycles. The number of benzene rings is 2. The minimum absolute atomic E-state index is 0.0526. The van der Waals surface area contributed by atoms with E-state index >= 15 is 0 Å². The van der Waals surface area contributed by atoms with Crippen LogP contribution in [0.25, 0.3) is 6.08 Å². The molecule has 0 saturated carbocycles. The third kappa shape index (κ3) is 6.09. The van der Waals surface area contributed by atoms with Gasteiger partial charge in [-0.3, -0.25) is 5.41 Å². The SMILES string of the molecule is C/C(=C\c1ccc(C(=O)Oc2ccc(C(=N)N)cc2)cc1)C(=O)OC(C)(C)C. The molecule has 3 N–H and O–H groups in total. The lowest BCUT2D eigenvalue weighted by molar-refractivity contribution is -0.149. The van der Waals surface area contributed by atoms with Gasteiger partial charge in [-0.15, -0.1) is 0 Å². The van der Waals surface area contributed by atoms with Gasteiger partial charge in [-0.05, 0) is 75.7 Å². The number of carbonyl (C=O) groups excluding carboxylic acids is 2. The molecule has 6 heteroatoms. The summed E-state index contributed by atoms with van der Waals surface area (Å²) in [7, 11) is 0. The fourth-order valence-electron chi connectivity index (χ4n) is 2.25. The van der Waals surface area contributed by atoms with E-state index in [4.69, 9.17) is 20.6 Å². The first kappa shape index (κ1) is 20.9. The van der Waals surface area contributed by atoms with E-state index in [1.54, 1.807) is 61.5 Å². The van der Waals surface area contributed by atoms with Crippen molar-refractivity contribution >= 4 is 23.9 Å². The molecular weight excluding hydrogens is 356 g/mol. The molecule has 6 nitrogen and oxygen atoms in total. The monoisotopic (exact) mass is 380 g/mol. The average molecular weight is 380 g/mol. The zero-order chi connectivity index (χ0) is 20.9. The molecule has 2 rings (SSSR count). The number of nitrogens with two attached hydrogens (primary N) is 1. The molecule has 28 heavy (non-hydrogen) atoms. The second-order valence-electron chi connectivity index (χ2n) is 7.28. The molecule has 0 heterocycles. The van der Waals surface area contributed by atoms with Crippen molar-refractivity contribution in [1.29, 1.82) is 5.41 Å². The van der Waals surface area contributed by atoms with Crippen LogP contribution in [0, 0.1) is 5.41 Å². The Balaban J connectivity index is 2.05. The van der Waals surface area contributed by atoms with Gasteiger partial charge in [0, 0.05) is 11.1 Å². The third-order valence-corrected chi connectivity index (χ3v) is 3.63. The highest BCUT2D eigenvalue weighted by Gasteiger charge is 2.17. The Hall–Kier alpha value is -3.41. The molecule has 0 fully saturated rings. The van der Waals surface area contributed by atoms with Gasteiger partial charge in [-0.2, -0.15) is 0 Å². The summed E-state index contributed by atoms with van der Waals surface area (Å²) in [5, 5.41) is 7.36. The Labute approximate surface area is 164 Å². The molecule has 0 bridgehead atoms. The van der Waals surface area contributed by atoms with Crippen LogP contribution in [0.4, 0.5) is 0 Å². The fourth-order valence-corrected chi connectivity index (χ4v) is 2.25. The van der Waals surface area contributed by atoms with Crippen molar-refractivity contribution in [3.05, 3.63) is 70.8 Å². The molecule has 0 aliphatic heterocycles. The van der Waals surface area contributed by atoms with E-state index in [1.807, 2.05) is 20.8 Å². The van der Waals surface area contributed by atoms with Crippen molar-refractivity contribution in [3.8, 4) is 5.75 Å². The number of hydrogen-bond donors (Lipinski definition) is 2. The molecule has 146 valence electrons. The molecule has 0 aromatic heterocycles. The van der Waals surface area contributed by atoms with Crippen LogP contribution in [0.3, 0.4) is 0 Å². The van der Waals surface area contributed by atoms with Crippen LogP contribution in [-0.4, -0.2) is 23.4 Å². The maximum Gasteiger partial charge on any atom is 0.343 e. The van der Waals surface area contributed by atoms with Gasteiger partial charge in [-0.25, -0.2) is 9.59 Å². The average Bonchev–Trinajstić information content (AvgIpc) is 2.61. The van der Waals surface area contributed by atoms with E-state index in [0.29, 0.717) is 22.4 Å². The van der Waals surface area contributed by atoms with Crippen molar-refractivity contribution < 1.29 is 19.1 Å². The molecule has 0 radical (unpaired) electrons. The first-order chi connectivity index (χ1) is 13.0. The fraction of sp³-hybridized carbons (Fsp3) is 0.227. The Morgan fingerprint density at radius 1 is 0.964 bits per heavy atom. The topological polar surface area (TPSA) is 102 Å². The van der Waals surface area contributed by atoms with Crippen molar-refractivity contribution in [3.63, 3.8) is 0 Å². The zero-order valence-electron chi connectivity index (χ0n) is 16.4. The maximum absolute atomic E-state index is 12.3. The van der Waals surface area contributed by atoms with E-state index in [-0.39, 0.29) is 11.8 Å². The highest BCUT2D eigenvalue weighted by molar-refractivity contribution is 5.95. The summed E-state index contributed by atoms with van der Waals surface area (Å²) in [6, 6.07) is 13.1. The number of esters is 2. The largest absolute Gasteiger partial charge is 0.457 e. The smallest absolute Gasteiger partial charge is 0.343 e. The van der Waals surface area contributed by atoms with Crippen LogP contribution in [0.15, 0.2) is 54.1 Å². The minimum Gasteiger partial charge on any atom is -0.457 e. The van der Waals surface area contributed by atoms with Gasteiger partial charge in [0.2, 0.25) is 0 Å². The number of ether oxygens (including phenoxy) is 2. The standard InChI is InChI=1S/C22H24N2O4/c1-14(20(25)28-22(2,3)4)13-15-5-7-17(8-6-15)21(26)27-18-11-9-16(10-12-18)19(23)24/h5-13H,1-4H3,(H3,23,24)/b14-13+. The number of hydrogen-bond acceptors (Lipinski definition) is 5. The number of nitrogens with one attached hydrogen (secondary N) is 1. The molecule has 0 saturated heterocycles. The first-order valence-corrected chi connectivity index (χ1v) is 8.73. The molecule has 2 aromatic rings. The van der Waals surface area contributed by atoms with E-state index < -0.39 is 11.6 Å². The van der Waals surface area contributed by atoms with Crippen molar-refractivity contribution in [2.24, 2.45) is 5.73 Å². The van der Waals surface area contributed by atoms with E-state index in [1.165, 1.54) is 0 Å². The number of rotatable bonds is 5.